The van der Waals surface area contributed by atoms with Crippen LogP contribution in [0.2, 0.25) is 0 Å². The minimum absolute atomic E-state index is 0.0306. The lowest BCUT2D eigenvalue weighted by Crippen LogP contribution is -2.17. The van der Waals surface area contributed by atoms with Gasteiger partial charge >= 0.3 is 12.4 Å². The Morgan fingerprint density at radius 3 is 2.17 bits per heavy atom. The lowest BCUT2D eigenvalue weighted by molar-refractivity contribution is -0.143. The molecule has 11 heteroatoms. The Morgan fingerprint density at radius 1 is 0.966 bits per heavy atom. The zero-order valence-electron chi connectivity index (χ0n) is 14.4. The molecule has 1 aromatic carbocycles. The number of hydrogen-bond acceptors (Lipinski definition) is 3. The molecule has 0 unspecified atom stereocenters. The molecule has 1 N–H and O–H groups in total. The van der Waals surface area contributed by atoms with Crippen LogP contribution in [0.25, 0.3) is 0 Å². The van der Waals surface area contributed by atoms with Crippen molar-refractivity contribution in [1.29, 1.82) is 0 Å². The third-order valence-electron chi connectivity index (χ3n) is 3.78. The molecule has 3 aromatic rings. The summed E-state index contributed by atoms with van der Waals surface area (Å²) in [4.78, 5) is 16.3. The van der Waals surface area contributed by atoms with Crippen molar-refractivity contribution in [3.8, 4) is 0 Å². The van der Waals surface area contributed by atoms with Crippen LogP contribution in [0.15, 0.2) is 54.9 Å². The van der Waals surface area contributed by atoms with Gasteiger partial charge in [-0.25, -0.2) is 0 Å². The van der Waals surface area contributed by atoms with Gasteiger partial charge in [0.25, 0.3) is 5.91 Å². The molecule has 5 nitrogen and oxygen atoms in total. The van der Waals surface area contributed by atoms with Crippen LogP contribution in [0.1, 0.15) is 27.2 Å². The fourth-order valence-corrected chi connectivity index (χ4v) is 2.45. The van der Waals surface area contributed by atoms with E-state index in [-0.39, 0.29) is 18.4 Å². The van der Waals surface area contributed by atoms with E-state index < -0.39 is 35.0 Å². The number of carbonyl (C=O) groups excluding carboxylic acids is 1. The number of hydrogen-bond donors (Lipinski definition) is 1. The molecule has 0 aliphatic carbocycles. The van der Waals surface area contributed by atoms with E-state index in [4.69, 9.17) is 0 Å². The molecule has 29 heavy (non-hydrogen) atoms. The molecule has 0 saturated heterocycles. The summed E-state index contributed by atoms with van der Waals surface area (Å²) >= 11 is 0. The van der Waals surface area contributed by atoms with Crippen molar-refractivity contribution in [2.75, 3.05) is 5.32 Å². The number of nitrogens with zero attached hydrogens (tertiary/aromatic N) is 3. The van der Waals surface area contributed by atoms with Gasteiger partial charge in [-0.05, 0) is 30.3 Å². The monoisotopic (exact) mass is 414 g/mol. The van der Waals surface area contributed by atoms with Crippen molar-refractivity contribution in [2.45, 2.75) is 18.9 Å². The molecule has 0 radical (unpaired) electrons. The molecule has 152 valence electrons. The first-order valence-corrected chi connectivity index (χ1v) is 8.06. The summed E-state index contributed by atoms with van der Waals surface area (Å²) in [5, 5.41) is 6.21. The minimum atomic E-state index is -5.04. The first-order valence-electron chi connectivity index (χ1n) is 8.06. The smallest absolute Gasteiger partial charge is 0.305 e. The second-order valence-electron chi connectivity index (χ2n) is 5.97. The molecule has 0 bridgehead atoms. The first-order chi connectivity index (χ1) is 13.5. The quantitative estimate of drug-likeness (QED) is 0.634. The standard InChI is InChI=1S/C18H12F6N4O/c19-17(20,21)12-7-11(8-13(9-12)18(22,23)24)16(29)26-15-4-6-28(27-15)10-14-3-1-2-5-25-14/h1-9H,10H2,(H,26,27,29). The first kappa shape index (κ1) is 20.4. The van der Waals surface area contributed by atoms with Crippen LogP contribution in [-0.4, -0.2) is 20.7 Å². The molecule has 0 saturated carbocycles. The van der Waals surface area contributed by atoms with Crippen LogP contribution in [0, 0.1) is 0 Å². The van der Waals surface area contributed by atoms with Gasteiger partial charge in [-0.1, -0.05) is 6.07 Å². The molecule has 0 atom stereocenters. The number of rotatable bonds is 4. The van der Waals surface area contributed by atoms with E-state index in [0.717, 1.165) is 0 Å². The molecule has 0 spiro atoms. The van der Waals surface area contributed by atoms with E-state index in [1.54, 1.807) is 24.4 Å². The number of anilines is 1. The number of halogens is 6. The number of pyridine rings is 1. The number of nitrogens with one attached hydrogen (secondary N) is 1. The molecular weight excluding hydrogens is 402 g/mol. The van der Waals surface area contributed by atoms with E-state index in [1.165, 1.54) is 16.9 Å². The van der Waals surface area contributed by atoms with Crippen molar-refractivity contribution < 1.29 is 31.1 Å². The normalized spacial score (nSPS) is 12.1. The number of benzene rings is 1. The fourth-order valence-electron chi connectivity index (χ4n) is 2.45. The van der Waals surface area contributed by atoms with Gasteiger partial charge in [-0.3, -0.25) is 14.5 Å². The molecule has 0 fully saturated rings. The molecule has 3 rings (SSSR count). The Balaban J connectivity index is 1.82. The Morgan fingerprint density at radius 2 is 1.62 bits per heavy atom. The Hall–Kier alpha value is -3.37. The predicted octanol–water partition coefficient (Wildman–Crippen LogP) is 4.62. The lowest BCUT2D eigenvalue weighted by Gasteiger charge is -2.13. The second-order valence-corrected chi connectivity index (χ2v) is 5.97. The summed E-state index contributed by atoms with van der Waals surface area (Å²) in [5.74, 6) is -1.18. The summed E-state index contributed by atoms with van der Waals surface area (Å²) in [6.07, 6.45) is -7.02. The van der Waals surface area contributed by atoms with Crippen molar-refractivity contribution in [3.05, 3.63) is 77.2 Å². The highest BCUT2D eigenvalue weighted by Crippen LogP contribution is 2.36. The number of carbonyl (C=O) groups is 1. The summed E-state index contributed by atoms with van der Waals surface area (Å²) < 4.78 is 78.9. The van der Waals surface area contributed by atoms with E-state index in [1.807, 2.05) is 0 Å². The molecule has 0 aliphatic heterocycles. The van der Waals surface area contributed by atoms with Gasteiger partial charge < -0.3 is 5.32 Å². The molecule has 0 aliphatic rings. The maximum Gasteiger partial charge on any atom is 0.416 e. The zero-order chi connectivity index (χ0) is 21.2. The third-order valence-corrected chi connectivity index (χ3v) is 3.78. The topological polar surface area (TPSA) is 59.8 Å². The third kappa shape index (κ3) is 5.12. The Bertz CT molecular complexity index is 979. The van der Waals surface area contributed by atoms with Gasteiger partial charge in [-0.15, -0.1) is 0 Å². The molecular formula is C18H12F6N4O. The maximum atomic E-state index is 12.9. The van der Waals surface area contributed by atoms with Gasteiger partial charge in [-0.2, -0.15) is 31.4 Å². The highest BCUT2D eigenvalue weighted by atomic mass is 19.4. The molecule has 2 aromatic heterocycles. The van der Waals surface area contributed by atoms with Crippen LogP contribution >= 0.6 is 0 Å². The summed E-state index contributed by atoms with van der Waals surface area (Å²) in [6.45, 7) is 0.262. The van der Waals surface area contributed by atoms with Crippen LogP contribution < -0.4 is 5.32 Å². The predicted molar refractivity (Wildman–Crippen MR) is 90.0 cm³/mol. The zero-order valence-corrected chi connectivity index (χ0v) is 14.4. The second kappa shape index (κ2) is 7.57. The Labute approximate surface area is 160 Å². The number of alkyl halides is 6. The Kier molecular flexibility index (Phi) is 5.31. The summed E-state index contributed by atoms with van der Waals surface area (Å²) in [7, 11) is 0. The van der Waals surface area contributed by atoms with E-state index in [2.05, 4.69) is 15.4 Å². The minimum Gasteiger partial charge on any atom is -0.305 e. The molecule has 2 heterocycles. The lowest BCUT2D eigenvalue weighted by atomic mass is 10.0. The molecule has 1 amide bonds. The summed E-state index contributed by atoms with van der Waals surface area (Å²) in [6, 6.07) is 7.26. The number of amides is 1. The largest absolute Gasteiger partial charge is 0.416 e. The maximum absolute atomic E-state index is 12.9. The van der Waals surface area contributed by atoms with Gasteiger partial charge in [0.2, 0.25) is 0 Å². The van der Waals surface area contributed by atoms with Gasteiger partial charge in [0, 0.05) is 24.0 Å². The highest BCUT2D eigenvalue weighted by molar-refractivity contribution is 6.04. The van der Waals surface area contributed by atoms with Gasteiger partial charge in [0.1, 0.15) is 0 Å². The van der Waals surface area contributed by atoms with Crippen molar-refractivity contribution in [2.24, 2.45) is 0 Å². The van der Waals surface area contributed by atoms with E-state index >= 15 is 0 Å². The van der Waals surface area contributed by atoms with Crippen molar-refractivity contribution in [3.63, 3.8) is 0 Å². The van der Waals surface area contributed by atoms with Gasteiger partial charge in [0.15, 0.2) is 5.82 Å². The van der Waals surface area contributed by atoms with E-state index in [9.17, 15) is 31.1 Å². The van der Waals surface area contributed by atoms with Crippen LogP contribution in [0.3, 0.4) is 0 Å². The average Bonchev–Trinajstić information content (AvgIpc) is 3.07. The van der Waals surface area contributed by atoms with Crippen LogP contribution in [-0.2, 0) is 18.9 Å². The van der Waals surface area contributed by atoms with Crippen molar-refractivity contribution in [1.82, 2.24) is 14.8 Å². The average molecular weight is 414 g/mol. The van der Waals surface area contributed by atoms with E-state index in [0.29, 0.717) is 17.8 Å². The van der Waals surface area contributed by atoms with Crippen LogP contribution in [0.5, 0.6) is 0 Å². The van der Waals surface area contributed by atoms with Crippen molar-refractivity contribution >= 4 is 11.7 Å². The van der Waals surface area contributed by atoms with Crippen LogP contribution in [0.4, 0.5) is 32.2 Å². The van der Waals surface area contributed by atoms with Gasteiger partial charge in [0.05, 0.1) is 23.4 Å². The fraction of sp³-hybridized carbons (Fsp3) is 0.167. The SMILES string of the molecule is O=C(Nc1ccn(Cc2ccccn2)n1)c1cc(C(F)(F)F)cc(C(F)(F)F)c1. The summed E-state index contributed by atoms with van der Waals surface area (Å²) in [5.41, 5.74) is -3.26. The number of aromatic nitrogens is 3. The highest BCUT2D eigenvalue weighted by Gasteiger charge is 2.37.